The predicted molar refractivity (Wildman–Crippen MR) is 78.1 cm³/mol. The van der Waals surface area contributed by atoms with Crippen LogP contribution in [-0.2, 0) is 0 Å². The number of carbonyl (C=O) groups excluding carboxylic acids is 1. The van der Waals surface area contributed by atoms with Gasteiger partial charge >= 0.3 is 0 Å². The number of hydrogen-bond donors (Lipinski definition) is 1. The molecule has 3 aromatic rings. The quantitative estimate of drug-likeness (QED) is 0.799. The van der Waals surface area contributed by atoms with Crippen molar-refractivity contribution >= 4 is 17.0 Å². The first kappa shape index (κ1) is 13.4. The highest BCUT2D eigenvalue weighted by Crippen LogP contribution is 2.21. The van der Waals surface area contributed by atoms with Crippen LogP contribution in [0.2, 0.25) is 0 Å². The van der Waals surface area contributed by atoms with Crippen molar-refractivity contribution in [2.75, 3.05) is 0 Å². The molecule has 0 fully saturated rings. The average molecular weight is 284 g/mol. The molecular weight excluding hydrogens is 268 g/mol. The monoisotopic (exact) mass is 284 g/mol. The van der Waals surface area contributed by atoms with Crippen LogP contribution in [0.1, 0.15) is 40.7 Å². The molecular formula is C16H16N2O3. The highest BCUT2D eigenvalue weighted by atomic mass is 16.4. The molecule has 5 nitrogen and oxygen atoms in total. The average Bonchev–Trinajstić information content (AvgIpc) is 3.01. The zero-order chi connectivity index (χ0) is 15.0. The van der Waals surface area contributed by atoms with Gasteiger partial charge in [0, 0.05) is 0 Å². The molecule has 108 valence electrons. The van der Waals surface area contributed by atoms with Gasteiger partial charge < -0.3 is 14.2 Å². The minimum atomic E-state index is -0.320. The Morgan fingerprint density at radius 1 is 1.24 bits per heavy atom. The number of oxazole rings is 1. The maximum absolute atomic E-state index is 12.2. The number of nitrogens with zero attached hydrogens (tertiary/aromatic N) is 1. The van der Waals surface area contributed by atoms with Crippen molar-refractivity contribution in [2.45, 2.75) is 26.8 Å². The van der Waals surface area contributed by atoms with Crippen LogP contribution in [0.15, 0.2) is 39.2 Å². The summed E-state index contributed by atoms with van der Waals surface area (Å²) >= 11 is 0. The van der Waals surface area contributed by atoms with Gasteiger partial charge in [-0.1, -0.05) is 12.1 Å². The molecule has 1 amide bonds. The van der Waals surface area contributed by atoms with E-state index in [1.54, 1.807) is 13.0 Å². The third kappa shape index (κ3) is 2.54. The van der Waals surface area contributed by atoms with E-state index < -0.39 is 0 Å². The second-order valence-corrected chi connectivity index (χ2v) is 5.04. The normalized spacial score (nSPS) is 12.5. The van der Waals surface area contributed by atoms with E-state index in [0.717, 1.165) is 5.52 Å². The number of benzene rings is 1. The first-order valence-corrected chi connectivity index (χ1v) is 6.78. The number of aryl methyl sites for hydroxylation is 2. The molecule has 0 aliphatic rings. The van der Waals surface area contributed by atoms with Crippen LogP contribution in [-0.4, -0.2) is 10.9 Å². The van der Waals surface area contributed by atoms with Gasteiger partial charge in [-0.25, -0.2) is 4.98 Å². The van der Waals surface area contributed by atoms with Gasteiger partial charge in [-0.3, -0.25) is 4.79 Å². The van der Waals surface area contributed by atoms with Crippen molar-refractivity contribution in [1.82, 2.24) is 10.3 Å². The van der Waals surface area contributed by atoms with Gasteiger partial charge in [0.2, 0.25) is 5.89 Å². The van der Waals surface area contributed by atoms with Crippen LogP contribution < -0.4 is 5.32 Å². The van der Waals surface area contributed by atoms with E-state index in [-0.39, 0.29) is 11.9 Å². The van der Waals surface area contributed by atoms with Crippen LogP contribution in [0.4, 0.5) is 0 Å². The van der Waals surface area contributed by atoms with Crippen LogP contribution in [0.5, 0.6) is 0 Å². The van der Waals surface area contributed by atoms with E-state index in [9.17, 15) is 4.79 Å². The molecule has 2 aromatic heterocycles. The van der Waals surface area contributed by atoms with Crippen LogP contribution in [0.3, 0.4) is 0 Å². The molecule has 1 N–H and O–H groups in total. The van der Waals surface area contributed by atoms with E-state index in [1.807, 2.05) is 38.1 Å². The molecule has 0 radical (unpaired) electrons. The van der Waals surface area contributed by atoms with E-state index in [2.05, 4.69) is 10.3 Å². The Hall–Kier alpha value is -2.56. The summed E-state index contributed by atoms with van der Waals surface area (Å²) in [7, 11) is 0. The Kier molecular flexibility index (Phi) is 3.25. The SMILES string of the molecule is Cc1cc(C(=O)NC(C)c2nc3ccccc3o2)c(C)o1. The minimum Gasteiger partial charge on any atom is -0.466 e. The van der Waals surface area contributed by atoms with Crippen LogP contribution in [0.25, 0.3) is 11.1 Å². The molecule has 0 aliphatic heterocycles. The summed E-state index contributed by atoms with van der Waals surface area (Å²) in [5.74, 6) is 1.61. The van der Waals surface area contributed by atoms with Gasteiger partial charge in [0.25, 0.3) is 5.91 Å². The van der Waals surface area contributed by atoms with Gasteiger partial charge in [0.1, 0.15) is 23.1 Å². The van der Waals surface area contributed by atoms with Gasteiger partial charge in [-0.15, -0.1) is 0 Å². The first-order valence-electron chi connectivity index (χ1n) is 6.78. The van der Waals surface area contributed by atoms with Crippen molar-refractivity contribution in [2.24, 2.45) is 0 Å². The van der Waals surface area contributed by atoms with Gasteiger partial charge in [0.05, 0.1) is 5.56 Å². The van der Waals surface area contributed by atoms with Crippen molar-refractivity contribution in [3.63, 3.8) is 0 Å². The van der Waals surface area contributed by atoms with Gasteiger partial charge in [-0.05, 0) is 39.0 Å². The van der Waals surface area contributed by atoms with Crippen molar-refractivity contribution in [3.05, 3.63) is 53.3 Å². The lowest BCUT2D eigenvalue weighted by Gasteiger charge is -2.09. The van der Waals surface area contributed by atoms with E-state index in [0.29, 0.717) is 28.6 Å². The molecule has 0 aliphatic carbocycles. The predicted octanol–water partition coefficient (Wildman–Crippen LogP) is 3.53. The summed E-state index contributed by atoms with van der Waals surface area (Å²) in [6.45, 7) is 5.42. The number of para-hydroxylation sites is 2. The summed E-state index contributed by atoms with van der Waals surface area (Å²) in [5, 5.41) is 2.87. The standard InChI is InChI=1S/C16H16N2O3/c1-9-8-12(11(3)20-9)15(19)17-10(2)16-18-13-6-4-5-7-14(13)21-16/h4-8,10H,1-3H3,(H,17,19). The molecule has 3 rings (SSSR count). The summed E-state index contributed by atoms with van der Waals surface area (Å²) in [6.07, 6.45) is 0. The first-order chi connectivity index (χ1) is 10.0. The van der Waals surface area contributed by atoms with Crippen molar-refractivity contribution in [1.29, 1.82) is 0 Å². The number of nitrogens with one attached hydrogen (secondary N) is 1. The molecule has 0 saturated carbocycles. The molecule has 1 atom stereocenters. The fourth-order valence-corrected chi connectivity index (χ4v) is 2.27. The lowest BCUT2D eigenvalue weighted by molar-refractivity contribution is 0.0933. The Morgan fingerprint density at radius 2 is 2.00 bits per heavy atom. The number of carbonyl (C=O) groups is 1. The zero-order valence-electron chi connectivity index (χ0n) is 12.1. The fraction of sp³-hybridized carbons (Fsp3) is 0.250. The third-order valence-corrected chi connectivity index (χ3v) is 3.31. The molecule has 0 saturated heterocycles. The maximum atomic E-state index is 12.2. The van der Waals surface area contributed by atoms with E-state index in [4.69, 9.17) is 8.83 Å². The van der Waals surface area contributed by atoms with Crippen LogP contribution >= 0.6 is 0 Å². The molecule has 5 heteroatoms. The Morgan fingerprint density at radius 3 is 2.67 bits per heavy atom. The number of hydrogen-bond acceptors (Lipinski definition) is 4. The van der Waals surface area contributed by atoms with Crippen molar-refractivity contribution in [3.8, 4) is 0 Å². The number of aromatic nitrogens is 1. The highest BCUT2D eigenvalue weighted by Gasteiger charge is 2.19. The molecule has 2 heterocycles. The molecule has 0 bridgehead atoms. The van der Waals surface area contributed by atoms with Gasteiger partial charge in [0.15, 0.2) is 5.58 Å². The minimum absolute atomic E-state index is 0.195. The summed E-state index contributed by atoms with van der Waals surface area (Å²) in [4.78, 5) is 16.6. The van der Waals surface area contributed by atoms with E-state index in [1.165, 1.54) is 0 Å². The fourth-order valence-electron chi connectivity index (χ4n) is 2.27. The lowest BCUT2D eigenvalue weighted by atomic mass is 10.2. The molecule has 0 spiro atoms. The molecule has 1 unspecified atom stereocenters. The topological polar surface area (TPSA) is 68.3 Å². The maximum Gasteiger partial charge on any atom is 0.255 e. The smallest absolute Gasteiger partial charge is 0.255 e. The summed E-state index contributed by atoms with van der Waals surface area (Å²) in [6, 6.07) is 8.92. The number of fused-ring (bicyclic) bond motifs is 1. The van der Waals surface area contributed by atoms with Crippen molar-refractivity contribution < 1.29 is 13.6 Å². The second kappa shape index (κ2) is 5.09. The zero-order valence-corrected chi connectivity index (χ0v) is 12.1. The largest absolute Gasteiger partial charge is 0.466 e. The number of amides is 1. The number of rotatable bonds is 3. The Bertz CT molecular complexity index is 768. The van der Waals surface area contributed by atoms with E-state index >= 15 is 0 Å². The summed E-state index contributed by atoms with van der Waals surface area (Å²) < 4.78 is 11.0. The van der Waals surface area contributed by atoms with Crippen LogP contribution in [0, 0.1) is 13.8 Å². The number of furan rings is 1. The highest BCUT2D eigenvalue weighted by molar-refractivity contribution is 5.95. The summed E-state index contributed by atoms with van der Waals surface area (Å²) in [5.41, 5.74) is 2.03. The third-order valence-electron chi connectivity index (χ3n) is 3.31. The van der Waals surface area contributed by atoms with Gasteiger partial charge in [-0.2, -0.15) is 0 Å². The lowest BCUT2D eigenvalue weighted by Crippen LogP contribution is -2.27. The molecule has 1 aromatic carbocycles. The Balaban J connectivity index is 1.81. The molecule has 21 heavy (non-hydrogen) atoms. The second-order valence-electron chi connectivity index (χ2n) is 5.04. The Labute approximate surface area is 122 Å².